The number of nitro groups is 1. The molecule has 2 bridgehead atoms. The minimum Gasteiger partial charge on any atom is -0.411 e. The second-order valence-electron chi connectivity index (χ2n) is 5.45. The van der Waals surface area contributed by atoms with Gasteiger partial charge < -0.3 is 9.94 Å². The standard InChI is InChI=1S/C10H17N3O4/c1-9(2)6-4-5-10(3,17-9)8(7(6)12-14)11-13(15)16/h6,8,11,14H,4-5H2,1-3H3/b12-7-. The number of ether oxygens (including phenoxy) is 1. The highest BCUT2D eigenvalue weighted by atomic mass is 16.7. The first-order valence-corrected chi connectivity index (χ1v) is 5.63. The molecule has 17 heavy (non-hydrogen) atoms. The van der Waals surface area contributed by atoms with Crippen LogP contribution in [-0.4, -0.2) is 33.2 Å². The highest BCUT2D eigenvalue weighted by Gasteiger charge is 2.59. The minimum absolute atomic E-state index is 0.0909. The van der Waals surface area contributed by atoms with Crippen LogP contribution in [0.2, 0.25) is 0 Å². The third kappa shape index (κ3) is 1.74. The van der Waals surface area contributed by atoms with E-state index >= 15 is 0 Å². The van der Waals surface area contributed by atoms with Crippen molar-refractivity contribution < 1.29 is 15.0 Å². The third-order valence-corrected chi connectivity index (χ3v) is 3.88. The Morgan fingerprint density at radius 1 is 1.59 bits per heavy atom. The van der Waals surface area contributed by atoms with E-state index < -0.39 is 22.3 Å². The molecule has 3 fully saturated rings. The molecule has 0 spiro atoms. The van der Waals surface area contributed by atoms with Gasteiger partial charge >= 0.3 is 0 Å². The fourth-order valence-electron chi connectivity index (χ4n) is 3.16. The Kier molecular flexibility index (Phi) is 2.53. The molecule has 7 heteroatoms. The highest BCUT2D eigenvalue weighted by Crippen LogP contribution is 2.48. The largest absolute Gasteiger partial charge is 0.411 e. The number of hydrogen-bond acceptors (Lipinski definition) is 5. The van der Waals surface area contributed by atoms with E-state index in [-0.39, 0.29) is 5.92 Å². The van der Waals surface area contributed by atoms with Crippen molar-refractivity contribution in [3.8, 4) is 0 Å². The second-order valence-corrected chi connectivity index (χ2v) is 5.45. The van der Waals surface area contributed by atoms with E-state index in [9.17, 15) is 10.1 Å². The predicted molar refractivity (Wildman–Crippen MR) is 59.4 cm³/mol. The fourth-order valence-corrected chi connectivity index (χ4v) is 3.16. The summed E-state index contributed by atoms with van der Waals surface area (Å²) in [5, 5.41) is 22.4. The molecule has 3 atom stereocenters. The maximum absolute atomic E-state index is 10.6. The van der Waals surface area contributed by atoms with Gasteiger partial charge in [0, 0.05) is 5.92 Å². The summed E-state index contributed by atoms with van der Waals surface area (Å²) >= 11 is 0. The number of rotatable bonds is 2. The van der Waals surface area contributed by atoms with Crippen molar-refractivity contribution in [3.63, 3.8) is 0 Å². The average Bonchev–Trinajstić information content (AvgIpc) is 2.17. The maximum Gasteiger partial charge on any atom is 0.158 e. The summed E-state index contributed by atoms with van der Waals surface area (Å²) in [6, 6.07) is -0.672. The highest BCUT2D eigenvalue weighted by molar-refractivity contribution is 5.94. The zero-order valence-electron chi connectivity index (χ0n) is 10.1. The minimum atomic E-state index is -0.702. The number of hydrogen-bond donors (Lipinski definition) is 2. The molecule has 2 saturated heterocycles. The predicted octanol–water partition coefficient (Wildman–Crippen LogP) is 0.944. The SMILES string of the molecule is CC1(C)OC2(C)CCC1/C(=N/O)C2N[N+](=O)[O-]. The summed E-state index contributed by atoms with van der Waals surface area (Å²) in [5.41, 5.74) is 1.47. The Morgan fingerprint density at radius 3 is 2.71 bits per heavy atom. The monoisotopic (exact) mass is 243 g/mol. The first kappa shape index (κ1) is 12.1. The third-order valence-electron chi connectivity index (χ3n) is 3.88. The van der Waals surface area contributed by atoms with Crippen LogP contribution >= 0.6 is 0 Å². The van der Waals surface area contributed by atoms with Crippen molar-refractivity contribution in [1.29, 1.82) is 0 Å². The first-order chi connectivity index (χ1) is 7.80. The molecule has 3 unspecified atom stereocenters. The van der Waals surface area contributed by atoms with Crippen molar-refractivity contribution in [3.05, 3.63) is 10.1 Å². The lowest BCUT2D eigenvalue weighted by molar-refractivity contribution is -0.553. The van der Waals surface area contributed by atoms with Crippen LogP contribution in [-0.2, 0) is 4.74 Å². The summed E-state index contributed by atoms with van der Waals surface area (Å²) in [4.78, 5) is 10.6. The van der Waals surface area contributed by atoms with E-state index in [2.05, 4.69) is 10.6 Å². The van der Waals surface area contributed by atoms with Crippen LogP contribution in [0.4, 0.5) is 0 Å². The molecule has 0 aromatic carbocycles. The summed E-state index contributed by atoms with van der Waals surface area (Å²) in [6.07, 6.45) is 1.53. The van der Waals surface area contributed by atoms with Gasteiger partial charge in [0.1, 0.15) is 0 Å². The molecule has 2 N–H and O–H groups in total. The first-order valence-electron chi connectivity index (χ1n) is 5.63. The molecule has 7 nitrogen and oxygen atoms in total. The second kappa shape index (κ2) is 3.56. The number of oxime groups is 1. The molecule has 96 valence electrons. The van der Waals surface area contributed by atoms with Crippen LogP contribution in [0.5, 0.6) is 0 Å². The van der Waals surface area contributed by atoms with E-state index in [1.54, 1.807) is 0 Å². The molecular formula is C10H17N3O4. The van der Waals surface area contributed by atoms with Crippen LogP contribution < -0.4 is 5.43 Å². The van der Waals surface area contributed by atoms with Crippen LogP contribution in [0.15, 0.2) is 5.16 Å². The fraction of sp³-hybridized carbons (Fsp3) is 0.900. The lowest BCUT2D eigenvalue weighted by atomic mass is 9.65. The van der Waals surface area contributed by atoms with Crippen molar-refractivity contribution in [2.45, 2.75) is 50.9 Å². The molecule has 0 radical (unpaired) electrons. The zero-order valence-corrected chi connectivity index (χ0v) is 10.1. The number of fused-ring (bicyclic) bond motifs is 3. The van der Waals surface area contributed by atoms with Gasteiger partial charge in [0.2, 0.25) is 0 Å². The van der Waals surface area contributed by atoms with Crippen LogP contribution in [0.25, 0.3) is 0 Å². The molecule has 1 saturated carbocycles. The van der Waals surface area contributed by atoms with E-state index in [4.69, 9.17) is 9.94 Å². The summed E-state index contributed by atoms with van der Waals surface area (Å²) in [5.74, 6) is -0.0909. The lowest BCUT2D eigenvalue weighted by Crippen LogP contribution is -2.71. The molecule has 2 aliphatic heterocycles. The molecule has 3 aliphatic rings. The van der Waals surface area contributed by atoms with Crippen molar-refractivity contribution in [1.82, 2.24) is 5.43 Å². The van der Waals surface area contributed by atoms with Crippen LogP contribution in [0.3, 0.4) is 0 Å². The van der Waals surface area contributed by atoms with E-state index in [0.717, 1.165) is 6.42 Å². The lowest BCUT2D eigenvalue weighted by Gasteiger charge is -2.56. The number of nitrogens with one attached hydrogen (secondary N) is 1. The quantitative estimate of drug-likeness (QED) is 0.427. The maximum atomic E-state index is 10.6. The summed E-state index contributed by atoms with van der Waals surface area (Å²) in [6.45, 7) is 5.65. The van der Waals surface area contributed by atoms with Gasteiger partial charge in [-0.2, -0.15) is 0 Å². The topological polar surface area (TPSA) is 97.0 Å². The Morgan fingerprint density at radius 2 is 2.24 bits per heavy atom. The van der Waals surface area contributed by atoms with Gasteiger partial charge in [-0.1, -0.05) is 5.16 Å². The Balaban J connectivity index is 2.38. The van der Waals surface area contributed by atoms with Crippen molar-refractivity contribution in [2.24, 2.45) is 11.1 Å². The normalized spacial score (nSPS) is 41.5. The summed E-state index contributed by atoms with van der Waals surface area (Å²) < 4.78 is 5.95. The van der Waals surface area contributed by atoms with Crippen molar-refractivity contribution >= 4 is 5.71 Å². The van der Waals surface area contributed by atoms with E-state index in [0.29, 0.717) is 12.1 Å². The van der Waals surface area contributed by atoms with Gasteiger partial charge in [-0.25, -0.2) is 10.1 Å². The molecule has 1 aliphatic carbocycles. The molecule has 0 aromatic heterocycles. The van der Waals surface area contributed by atoms with Gasteiger partial charge in [0.15, 0.2) is 11.1 Å². The molecule has 2 heterocycles. The zero-order chi connectivity index (χ0) is 12.8. The van der Waals surface area contributed by atoms with E-state index in [1.807, 2.05) is 20.8 Å². The molecule has 3 rings (SSSR count). The smallest absolute Gasteiger partial charge is 0.158 e. The van der Waals surface area contributed by atoms with Gasteiger partial charge in [0.25, 0.3) is 0 Å². The van der Waals surface area contributed by atoms with Crippen LogP contribution in [0, 0.1) is 16.0 Å². The summed E-state index contributed by atoms with van der Waals surface area (Å²) in [7, 11) is 0. The molecule has 0 aromatic rings. The molecular weight excluding hydrogens is 226 g/mol. The Labute approximate surface area is 98.9 Å². The van der Waals surface area contributed by atoms with Gasteiger partial charge in [-0.15, -0.1) is 5.43 Å². The van der Waals surface area contributed by atoms with E-state index in [1.165, 1.54) is 0 Å². The van der Waals surface area contributed by atoms with Crippen LogP contribution in [0.1, 0.15) is 33.6 Å². The average molecular weight is 243 g/mol. The molecule has 0 amide bonds. The van der Waals surface area contributed by atoms with Gasteiger partial charge in [-0.3, -0.25) is 0 Å². The Bertz CT molecular complexity index is 382. The van der Waals surface area contributed by atoms with Gasteiger partial charge in [-0.05, 0) is 33.6 Å². The number of nitrogens with zero attached hydrogens (tertiary/aromatic N) is 2. The number of hydrazine groups is 1. The Hall–Kier alpha value is -1.37. The van der Waals surface area contributed by atoms with Gasteiger partial charge in [0.05, 0.1) is 16.9 Å². The van der Waals surface area contributed by atoms with Crippen molar-refractivity contribution in [2.75, 3.05) is 0 Å².